The van der Waals surface area contributed by atoms with Gasteiger partial charge in [-0.2, -0.15) is 0 Å². The van der Waals surface area contributed by atoms with E-state index in [4.69, 9.17) is 12.2 Å². The molecule has 23 heavy (non-hydrogen) atoms. The van der Waals surface area contributed by atoms with Crippen molar-refractivity contribution in [2.24, 2.45) is 0 Å². The van der Waals surface area contributed by atoms with E-state index in [2.05, 4.69) is 5.32 Å². The van der Waals surface area contributed by atoms with Crippen molar-refractivity contribution in [3.05, 3.63) is 53.9 Å². The lowest BCUT2D eigenvalue weighted by molar-refractivity contribution is -0.128. The maximum absolute atomic E-state index is 12.2. The number of aromatic hydroxyl groups is 1. The number of aromatic nitrogens is 1. The molecule has 2 amide bonds. The monoisotopic (exact) mass is 327 g/mol. The lowest BCUT2D eigenvalue weighted by Crippen LogP contribution is -2.52. The highest BCUT2D eigenvalue weighted by Gasteiger charge is 2.30. The number of hydrogen-bond donors (Lipinski definition) is 2. The molecule has 1 aromatic carbocycles. The van der Waals surface area contributed by atoms with Crippen molar-refractivity contribution in [1.82, 2.24) is 14.8 Å². The highest BCUT2D eigenvalue weighted by Crippen LogP contribution is 2.19. The highest BCUT2D eigenvalue weighted by atomic mass is 32.1. The van der Waals surface area contributed by atoms with Gasteiger partial charge in [-0.1, -0.05) is 0 Å². The van der Waals surface area contributed by atoms with E-state index in [1.54, 1.807) is 47.2 Å². The average Bonchev–Trinajstić information content (AvgIpc) is 2.98. The zero-order chi connectivity index (χ0) is 16.6. The second-order valence-electron chi connectivity index (χ2n) is 5.00. The molecule has 7 heteroatoms. The fraction of sp³-hybridized carbons (Fsp3) is 0.0625. The quantitative estimate of drug-likeness (QED) is 0.497. The number of benzene rings is 1. The first-order valence-corrected chi connectivity index (χ1v) is 7.20. The van der Waals surface area contributed by atoms with Crippen LogP contribution < -0.4 is 5.32 Å². The molecule has 3 rings (SSSR count). The Morgan fingerprint density at radius 2 is 1.87 bits per heavy atom. The predicted octanol–water partition coefficient (Wildman–Crippen LogP) is 1.44. The van der Waals surface area contributed by atoms with Crippen LogP contribution >= 0.6 is 12.2 Å². The molecule has 6 nitrogen and oxygen atoms in total. The molecule has 1 aliphatic heterocycles. The second-order valence-corrected chi connectivity index (χ2v) is 5.39. The standard InChI is InChI=1S/C16H13N3O3S/c1-18-15(22)13(14(21)17-16(18)23)9-11-3-2-8-19(11)10-4-6-12(20)7-5-10/h2-9,20H,1H3,(H,17,21,23)/b13-9+. The molecule has 0 unspecified atom stereocenters. The number of carbonyl (C=O) groups excluding carboxylic acids is 2. The Labute approximate surface area is 137 Å². The normalized spacial score (nSPS) is 16.8. The van der Waals surface area contributed by atoms with Gasteiger partial charge in [-0.15, -0.1) is 0 Å². The van der Waals surface area contributed by atoms with Crippen molar-refractivity contribution in [2.75, 3.05) is 7.05 Å². The van der Waals surface area contributed by atoms with Gasteiger partial charge in [0.15, 0.2) is 5.11 Å². The predicted molar refractivity (Wildman–Crippen MR) is 88.9 cm³/mol. The summed E-state index contributed by atoms with van der Waals surface area (Å²) >= 11 is 4.91. The van der Waals surface area contributed by atoms with Crippen LogP contribution in [0.2, 0.25) is 0 Å². The number of carbonyl (C=O) groups is 2. The molecule has 0 atom stereocenters. The van der Waals surface area contributed by atoms with Gasteiger partial charge in [0.25, 0.3) is 11.8 Å². The summed E-state index contributed by atoms with van der Waals surface area (Å²) in [5.74, 6) is -0.799. The molecule has 1 aromatic heterocycles. The molecule has 0 aliphatic carbocycles. The topological polar surface area (TPSA) is 74.6 Å². The van der Waals surface area contributed by atoms with Crippen LogP contribution in [0.25, 0.3) is 11.8 Å². The third-order valence-electron chi connectivity index (χ3n) is 3.51. The first-order valence-electron chi connectivity index (χ1n) is 6.79. The number of nitrogens with one attached hydrogen (secondary N) is 1. The van der Waals surface area contributed by atoms with Gasteiger partial charge in [-0.3, -0.25) is 19.8 Å². The Kier molecular flexibility index (Phi) is 3.71. The van der Waals surface area contributed by atoms with Crippen LogP contribution in [0.15, 0.2) is 48.2 Å². The zero-order valence-electron chi connectivity index (χ0n) is 12.2. The molecule has 2 aromatic rings. The van der Waals surface area contributed by atoms with Crippen molar-refractivity contribution in [2.45, 2.75) is 0 Å². The summed E-state index contributed by atoms with van der Waals surface area (Å²) in [7, 11) is 1.51. The van der Waals surface area contributed by atoms with Crippen molar-refractivity contribution in [3.63, 3.8) is 0 Å². The molecule has 116 valence electrons. The van der Waals surface area contributed by atoms with Crippen LogP contribution in [0.1, 0.15) is 5.69 Å². The largest absolute Gasteiger partial charge is 0.508 e. The minimum Gasteiger partial charge on any atom is -0.508 e. The minimum absolute atomic E-state index is 0.0137. The maximum atomic E-state index is 12.2. The van der Waals surface area contributed by atoms with Gasteiger partial charge in [0.05, 0.1) is 0 Å². The average molecular weight is 327 g/mol. The molecule has 0 spiro atoms. The Morgan fingerprint density at radius 3 is 2.57 bits per heavy atom. The number of likely N-dealkylation sites (N-methyl/N-ethyl adjacent to an activating group) is 1. The lowest BCUT2D eigenvalue weighted by Gasteiger charge is -2.25. The van der Waals surface area contributed by atoms with Crippen LogP contribution in [0.3, 0.4) is 0 Å². The Balaban J connectivity index is 2.02. The van der Waals surface area contributed by atoms with E-state index in [1.165, 1.54) is 18.0 Å². The SMILES string of the molecule is CN1C(=O)/C(=C/c2cccn2-c2ccc(O)cc2)C(=O)NC1=S. The first-order chi connectivity index (χ1) is 11.0. The molecule has 0 saturated carbocycles. The van der Waals surface area contributed by atoms with Crippen LogP contribution in [-0.2, 0) is 9.59 Å². The van der Waals surface area contributed by atoms with Gasteiger partial charge in [0, 0.05) is 24.6 Å². The van der Waals surface area contributed by atoms with E-state index in [0.29, 0.717) is 5.69 Å². The van der Waals surface area contributed by atoms with E-state index < -0.39 is 11.8 Å². The van der Waals surface area contributed by atoms with Crippen LogP contribution in [0.4, 0.5) is 0 Å². The molecule has 0 radical (unpaired) electrons. The van der Waals surface area contributed by atoms with Crippen molar-refractivity contribution in [1.29, 1.82) is 0 Å². The molecule has 1 fully saturated rings. The Morgan fingerprint density at radius 1 is 1.17 bits per heavy atom. The number of nitrogens with zero attached hydrogens (tertiary/aromatic N) is 2. The summed E-state index contributed by atoms with van der Waals surface area (Å²) in [5, 5.41) is 11.9. The third-order valence-corrected chi connectivity index (χ3v) is 3.88. The van der Waals surface area contributed by atoms with E-state index in [1.807, 2.05) is 0 Å². The number of hydrogen-bond acceptors (Lipinski definition) is 4. The summed E-state index contributed by atoms with van der Waals surface area (Å²) in [6, 6.07) is 10.2. The molecule has 2 N–H and O–H groups in total. The van der Waals surface area contributed by atoms with E-state index >= 15 is 0 Å². The van der Waals surface area contributed by atoms with Crippen LogP contribution in [0.5, 0.6) is 5.75 Å². The molecule has 0 bridgehead atoms. The summed E-state index contributed by atoms with van der Waals surface area (Å²) < 4.78 is 1.81. The molecule has 2 heterocycles. The van der Waals surface area contributed by atoms with Gasteiger partial charge >= 0.3 is 0 Å². The number of thiocarbonyl (C=S) groups is 1. The molecular formula is C16H13N3O3S. The summed E-state index contributed by atoms with van der Waals surface area (Å²) in [6.07, 6.45) is 3.32. The van der Waals surface area contributed by atoms with Gasteiger partial charge < -0.3 is 9.67 Å². The fourth-order valence-electron chi connectivity index (χ4n) is 2.25. The molecule has 1 aliphatic rings. The maximum Gasteiger partial charge on any atom is 0.265 e. The van der Waals surface area contributed by atoms with Gasteiger partial charge in [0.1, 0.15) is 11.3 Å². The van der Waals surface area contributed by atoms with E-state index in [9.17, 15) is 14.7 Å². The van der Waals surface area contributed by atoms with Crippen molar-refractivity contribution < 1.29 is 14.7 Å². The van der Waals surface area contributed by atoms with Gasteiger partial charge in [-0.25, -0.2) is 0 Å². The van der Waals surface area contributed by atoms with Crippen LogP contribution in [-0.4, -0.2) is 38.5 Å². The Bertz CT molecular complexity index is 837. The van der Waals surface area contributed by atoms with E-state index in [0.717, 1.165) is 5.69 Å². The summed E-state index contributed by atoms with van der Waals surface area (Å²) in [4.78, 5) is 25.5. The van der Waals surface area contributed by atoms with Crippen molar-refractivity contribution in [3.8, 4) is 11.4 Å². The number of phenols is 1. The smallest absolute Gasteiger partial charge is 0.265 e. The zero-order valence-corrected chi connectivity index (χ0v) is 13.0. The summed E-state index contributed by atoms with van der Waals surface area (Å²) in [6.45, 7) is 0. The van der Waals surface area contributed by atoms with E-state index in [-0.39, 0.29) is 16.4 Å². The highest BCUT2D eigenvalue weighted by molar-refractivity contribution is 7.80. The molecule has 1 saturated heterocycles. The second kappa shape index (κ2) is 5.69. The number of rotatable bonds is 2. The minimum atomic E-state index is -0.517. The van der Waals surface area contributed by atoms with Crippen LogP contribution in [0, 0.1) is 0 Å². The fourth-order valence-corrected chi connectivity index (χ4v) is 2.43. The number of phenolic OH excluding ortho intramolecular Hbond substituents is 1. The Hall–Kier alpha value is -2.93. The number of amides is 2. The third kappa shape index (κ3) is 2.74. The first kappa shape index (κ1) is 15.0. The molecular weight excluding hydrogens is 314 g/mol. The van der Waals surface area contributed by atoms with Gasteiger partial charge in [0.2, 0.25) is 0 Å². The van der Waals surface area contributed by atoms with Crippen molar-refractivity contribution >= 4 is 35.2 Å². The summed E-state index contributed by atoms with van der Waals surface area (Å²) in [5.41, 5.74) is 1.47. The van der Waals surface area contributed by atoms with Gasteiger partial charge in [-0.05, 0) is 54.7 Å². The lowest BCUT2D eigenvalue weighted by atomic mass is 10.1.